The molecule has 1 aliphatic carbocycles. The molecule has 3 rings (SSSR count). The van der Waals surface area contributed by atoms with Crippen molar-refractivity contribution >= 4 is 17.8 Å². The van der Waals surface area contributed by atoms with E-state index in [0.29, 0.717) is 12.8 Å². The molecule has 1 saturated carbocycles. The van der Waals surface area contributed by atoms with Crippen LogP contribution in [0.1, 0.15) is 30.4 Å². The van der Waals surface area contributed by atoms with Crippen molar-refractivity contribution in [2.24, 2.45) is 5.41 Å². The molecule has 2 aliphatic rings. The normalized spacial score (nSPS) is 20.9. The zero-order chi connectivity index (χ0) is 14.3. The summed E-state index contributed by atoms with van der Waals surface area (Å²) in [6.07, 6.45) is 1.93. The van der Waals surface area contributed by atoms with E-state index in [0.717, 1.165) is 17.5 Å². The molecule has 1 spiro atoms. The second kappa shape index (κ2) is 4.44. The molecule has 1 aliphatic heterocycles. The summed E-state index contributed by atoms with van der Waals surface area (Å²) in [5, 5.41) is 2.32. The number of aryl methyl sites for hydroxylation is 1. The molecule has 0 radical (unpaired) electrons. The fourth-order valence-electron chi connectivity index (χ4n) is 2.80. The Labute approximate surface area is 116 Å². The first-order valence-corrected chi connectivity index (χ1v) is 6.76. The molecule has 1 N–H and O–H groups in total. The number of barbiturate groups is 1. The maximum absolute atomic E-state index is 12.5. The van der Waals surface area contributed by atoms with E-state index in [-0.39, 0.29) is 12.5 Å². The number of imide groups is 2. The van der Waals surface area contributed by atoms with Crippen LogP contribution in [0.3, 0.4) is 0 Å². The van der Waals surface area contributed by atoms with Crippen molar-refractivity contribution in [3.05, 3.63) is 35.4 Å². The van der Waals surface area contributed by atoms with Gasteiger partial charge in [-0.05, 0) is 30.9 Å². The summed E-state index contributed by atoms with van der Waals surface area (Å²) < 4.78 is 0. The monoisotopic (exact) mass is 272 g/mol. The Balaban J connectivity index is 1.89. The number of urea groups is 1. The van der Waals surface area contributed by atoms with Crippen LogP contribution in [0.4, 0.5) is 4.79 Å². The summed E-state index contributed by atoms with van der Waals surface area (Å²) in [6.45, 7) is 2.15. The minimum atomic E-state index is -0.989. The fourth-order valence-corrected chi connectivity index (χ4v) is 2.80. The molecule has 5 heteroatoms. The molecule has 0 bridgehead atoms. The number of carbonyl (C=O) groups excluding carboxylic acids is 3. The van der Waals surface area contributed by atoms with Gasteiger partial charge in [0.25, 0.3) is 0 Å². The van der Waals surface area contributed by atoms with Crippen molar-refractivity contribution in [3.63, 3.8) is 0 Å². The summed E-state index contributed by atoms with van der Waals surface area (Å²) in [5.41, 5.74) is 0.948. The van der Waals surface area contributed by atoms with Gasteiger partial charge in [-0.25, -0.2) is 4.79 Å². The van der Waals surface area contributed by atoms with Gasteiger partial charge in [0.1, 0.15) is 5.41 Å². The first kappa shape index (κ1) is 12.8. The minimum absolute atomic E-state index is 0.215. The Hall–Kier alpha value is -2.17. The molecule has 1 heterocycles. The van der Waals surface area contributed by atoms with Crippen LogP contribution in [0.25, 0.3) is 0 Å². The van der Waals surface area contributed by atoms with E-state index >= 15 is 0 Å². The third-order valence-corrected chi connectivity index (χ3v) is 4.35. The Kier molecular flexibility index (Phi) is 2.85. The van der Waals surface area contributed by atoms with Gasteiger partial charge in [0.15, 0.2) is 0 Å². The first-order valence-electron chi connectivity index (χ1n) is 6.76. The zero-order valence-electron chi connectivity index (χ0n) is 11.3. The molecule has 1 aromatic carbocycles. The SMILES string of the molecule is Cc1ccccc1CN1C(=O)NC(=O)C2(CCC2)C1=O. The standard InChI is InChI=1S/C15H16N2O3/c1-10-5-2-3-6-11(10)9-17-13(19)15(7-4-8-15)12(18)16-14(17)20/h2-3,5-6H,4,7-9H2,1H3,(H,16,18,20). The van der Waals surface area contributed by atoms with Crippen molar-refractivity contribution in [3.8, 4) is 0 Å². The lowest BCUT2D eigenvalue weighted by molar-refractivity contribution is -0.158. The first-order chi connectivity index (χ1) is 9.54. The van der Waals surface area contributed by atoms with Crippen molar-refractivity contribution in [1.82, 2.24) is 10.2 Å². The zero-order valence-corrected chi connectivity index (χ0v) is 11.3. The lowest BCUT2D eigenvalue weighted by atomic mass is 9.66. The molecule has 1 aromatic rings. The predicted molar refractivity (Wildman–Crippen MR) is 71.6 cm³/mol. The number of rotatable bonds is 2. The molecule has 0 atom stereocenters. The molecule has 0 aromatic heterocycles. The van der Waals surface area contributed by atoms with Crippen LogP contribution < -0.4 is 5.32 Å². The summed E-state index contributed by atoms with van der Waals surface area (Å²) in [4.78, 5) is 37.5. The summed E-state index contributed by atoms with van der Waals surface area (Å²) in [7, 11) is 0. The molecule has 1 saturated heterocycles. The fraction of sp³-hybridized carbons (Fsp3) is 0.400. The highest BCUT2D eigenvalue weighted by molar-refractivity contribution is 6.19. The van der Waals surface area contributed by atoms with Crippen LogP contribution in [-0.2, 0) is 16.1 Å². The van der Waals surface area contributed by atoms with Crippen molar-refractivity contribution in [1.29, 1.82) is 0 Å². The number of hydrogen-bond donors (Lipinski definition) is 1. The van der Waals surface area contributed by atoms with Gasteiger partial charge in [0.05, 0.1) is 6.54 Å². The van der Waals surface area contributed by atoms with Crippen LogP contribution in [0.15, 0.2) is 24.3 Å². The van der Waals surface area contributed by atoms with E-state index in [1.54, 1.807) is 0 Å². The van der Waals surface area contributed by atoms with Gasteiger partial charge >= 0.3 is 6.03 Å². The smallest absolute Gasteiger partial charge is 0.277 e. The van der Waals surface area contributed by atoms with E-state index in [9.17, 15) is 14.4 Å². The molecular formula is C15H16N2O3. The Morgan fingerprint density at radius 3 is 2.50 bits per heavy atom. The van der Waals surface area contributed by atoms with Gasteiger partial charge in [0.2, 0.25) is 11.8 Å². The Morgan fingerprint density at radius 2 is 1.90 bits per heavy atom. The molecule has 104 valence electrons. The van der Waals surface area contributed by atoms with E-state index in [1.165, 1.54) is 4.90 Å². The van der Waals surface area contributed by atoms with E-state index in [1.807, 2.05) is 31.2 Å². The highest BCUT2D eigenvalue weighted by Crippen LogP contribution is 2.44. The Morgan fingerprint density at radius 1 is 1.20 bits per heavy atom. The second-order valence-corrected chi connectivity index (χ2v) is 5.51. The number of hydrogen-bond acceptors (Lipinski definition) is 3. The average Bonchev–Trinajstić information content (AvgIpc) is 2.34. The highest BCUT2D eigenvalue weighted by Gasteiger charge is 2.57. The van der Waals surface area contributed by atoms with Crippen LogP contribution >= 0.6 is 0 Å². The second-order valence-electron chi connectivity index (χ2n) is 5.51. The maximum atomic E-state index is 12.5. The lowest BCUT2D eigenvalue weighted by Crippen LogP contribution is -2.65. The van der Waals surface area contributed by atoms with Gasteiger partial charge in [-0.1, -0.05) is 30.7 Å². The quantitative estimate of drug-likeness (QED) is 0.834. The van der Waals surface area contributed by atoms with E-state index in [2.05, 4.69) is 5.32 Å². The van der Waals surface area contributed by atoms with Crippen LogP contribution in [-0.4, -0.2) is 22.7 Å². The summed E-state index contributed by atoms with van der Waals surface area (Å²) >= 11 is 0. The minimum Gasteiger partial charge on any atom is -0.277 e. The molecule has 4 amide bonds. The average molecular weight is 272 g/mol. The van der Waals surface area contributed by atoms with Gasteiger partial charge in [-0.15, -0.1) is 0 Å². The van der Waals surface area contributed by atoms with Gasteiger partial charge < -0.3 is 0 Å². The van der Waals surface area contributed by atoms with Crippen LogP contribution in [0, 0.1) is 12.3 Å². The number of nitrogens with zero attached hydrogens (tertiary/aromatic N) is 1. The Bertz CT molecular complexity index is 605. The topological polar surface area (TPSA) is 66.5 Å². The predicted octanol–water partition coefficient (Wildman–Crippen LogP) is 1.74. The molecular weight excluding hydrogens is 256 g/mol. The van der Waals surface area contributed by atoms with Gasteiger partial charge in [-0.2, -0.15) is 0 Å². The number of amides is 4. The molecule has 0 unspecified atom stereocenters. The van der Waals surface area contributed by atoms with E-state index in [4.69, 9.17) is 0 Å². The van der Waals surface area contributed by atoms with Gasteiger partial charge in [0, 0.05) is 0 Å². The third-order valence-electron chi connectivity index (χ3n) is 4.35. The molecule has 20 heavy (non-hydrogen) atoms. The van der Waals surface area contributed by atoms with Crippen molar-refractivity contribution in [2.75, 3.05) is 0 Å². The number of nitrogens with one attached hydrogen (secondary N) is 1. The summed E-state index contributed by atoms with van der Waals surface area (Å²) in [5.74, 6) is -0.777. The lowest BCUT2D eigenvalue weighted by Gasteiger charge is -2.44. The highest BCUT2D eigenvalue weighted by atomic mass is 16.2. The summed E-state index contributed by atoms with van der Waals surface area (Å²) in [6, 6.07) is 7.00. The van der Waals surface area contributed by atoms with Crippen LogP contribution in [0.2, 0.25) is 0 Å². The molecule has 2 fully saturated rings. The van der Waals surface area contributed by atoms with Crippen molar-refractivity contribution < 1.29 is 14.4 Å². The van der Waals surface area contributed by atoms with Crippen LogP contribution in [0.5, 0.6) is 0 Å². The third kappa shape index (κ3) is 1.73. The van der Waals surface area contributed by atoms with Crippen molar-refractivity contribution in [2.45, 2.75) is 32.7 Å². The number of benzene rings is 1. The number of carbonyl (C=O) groups is 3. The van der Waals surface area contributed by atoms with E-state index < -0.39 is 17.4 Å². The maximum Gasteiger partial charge on any atom is 0.331 e. The van der Waals surface area contributed by atoms with Gasteiger partial charge in [-0.3, -0.25) is 19.8 Å². The molecule has 5 nitrogen and oxygen atoms in total. The largest absolute Gasteiger partial charge is 0.331 e.